The second-order valence-electron chi connectivity index (χ2n) is 7.85. The van der Waals surface area contributed by atoms with E-state index in [-0.39, 0.29) is 29.6 Å². The van der Waals surface area contributed by atoms with E-state index >= 15 is 0 Å². The lowest BCUT2D eigenvalue weighted by Crippen LogP contribution is -2.40. The molecule has 1 fully saturated rings. The minimum absolute atomic E-state index is 0.0281. The molecule has 3 rings (SSSR count). The third-order valence-corrected chi connectivity index (χ3v) is 6.92. The van der Waals surface area contributed by atoms with Crippen LogP contribution in [0, 0.1) is 0 Å². The Morgan fingerprint density at radius 2 is 1.69 bits per heavy atom. The zero-order valence-electron chi connectivity index (χ0n) is 17.3. The second kappa shape index (κ2) is 8.99. The van der Waals surface area contributed by atoms with Crippen LogP contribution in [-0.2, 0) is 22.8 Å². The molecule has 2 aromatic carbocycles. The van der Waals surface area contributed by atoms with Gasteiger partial charge in [0.05, 0.1) is 17.6 Å². The normalized spacial score (nSPS) is 18.0. The molecule has 0 aliphatic carbocycles. The number of carbonyl (C=O) groups is 1. The molecule has 1 aliphatic rings. The molecule has 1 atom stereocenters. The molecule has 0 radical (unpaired) electrons. The van der Waals surface area contributed by atoms with Crippen LogP contribution < -0.4 is 4.74 Å². The van der Waals surface area contributed by atoms with Crippen LogP contribution >= 0.6 is 0 Å². The Labute approximate surface area is 173 Å². The quantitative estimate of drug-likeness (QED) is 0.689. The third kappa shape index (κ3) is 5.60. The van der Waals surface area contributed by atoms with Crippen LogP contribution in [0.1, 0.15) is 48.7 Å². The molecule has 6 heteroatoms. The maximum Gasteiger partial charge on any atom is 0.254 e. The number of ether oxygens (including phenoxy) is 1. The lowest BCUT2D eigenvalue weighted by Gasteiger charge is -2.29. The fourth-order valence-electron chi connectivity index (χ4n) is 3.58. The fraction of sp³-hybridized carbons (Fsp3) is 0.435. The number of amides is 1. The van der Waals surface area contributed by atoms with Crippen molar-refractivity contribution in [3.8, 4) is 5.75 Å². The van der Waals surface area contributed by atoms with Crippen molar-refractivity contribution in [2.45, 2.75) is 52.3 Å². The van der Waals surface area contributed by atoms with Crippen LogP contribution in [-0.4, -0.2) is 42.9 Å². The maximum atomic E-state index is 13.3. The molecule has 0 saturated carbocycles. The van der Waals surface area contributed by atoms with E-state index in [1.54, 1.807) is 29.2 Å². The summed E-state index contributed by atoms with van der Waals surface area (Å²) in [5.74, 6) is 0.724. The third-order valence-electron chi connectivity index (χ3n) is 5.17. The maximum absolute atomic E-state index is 13.3. The molecule has 1 unspecified atom stereocenters. The zero-order valence-corrected chi connectivity index (χ0v) is 18.1. The van der Waals surface area contributed by atoms with E-state index < -0.39 is 9.84 Å². The Morgan fingerprint density at radius 1 is 1.07 bits per heavy atom. The van der Waals surface area contributed by atoms with E-state index in [1.165, 1.54) is 5.56 Å². The van der Waals surface area contributed by atoms with Gasteiger partial charge in [-0.05, 0) is 62.1 Å². The van der Waals surface area contributed by atoms with E-state index in [9.17, 15) is 13.2 Å². The topological polar surface area (TPSA) is 63.7 Å². The van der Waals surface area contributed by atoms with Crippen molar-refractivity contribution in [1.29, 1.82) is 0 Å². The molecule has 2 aromatic rings. The summed E-state index contributed by atoms with van der Waals surface area (Å²) < 4.78 is 29.7. The Bertz CT molecular complexity index is 934. The van der Waals surface area contributed by atoms with Crippen molar-refractivity contribution in [1.82, 2.24) is 4.90 Å². The van der Waals surface area contributed by atoms with Crippen molar-refractivity contribution >= 4 is 15.7 Å². The molecular formula is C23H29NO4S. The largest absolute Gasteiger partial charge is 0.491 e. The van der Waals surface area contributed by atoms with Crippen molar-refractivity contribution < 1.29 is 17.9 Å². The highest BCUT2D eigenvalue weighted by Gasteiger charge is 2.35. The van der Waals surface area contributed by atoms with Gasteiger partial charge in [0.15, 0.2) is 9.84 Å². The molecular weight excluding hydrogens is 386 g/mol. The average molecular weight is 416 g/mol. The van der Waals surface area contributed by atoms with Gasteiger partial charge in [-0.3, -0.25) is 4.79 Å². The number of aryl methyl sites for hydroxylation is 1. The first kappa shape index (κ1) is 21.4. The molecule has 0 N–H and O–H groups in total. The van der Waals surface area contributed by atoms with Crippen LogP contribution in [0.4, 0.5) is 0 Å². The van der Waals surface area contributed by atoms with E-state index in [1.807, 2.05) is 26.0 Å². The molecule has 1 aliphatic heterocycles. The minimum Gasteiger partial charge on any atom is -0.491 e. The number of hydrogen-bond donors (Lipinski definition) is 0. The van der Waals surface area contributed by atoms with Gasteiger partial charge >= 0.3 is 0 Å². The van der Waals surface area contributed by atoms with Crippen LogP contribution in [0.25, 0.3) is 0 Å². The highest BCUT2D eigenvalue weighted by molar-refractivity contribution is 7.91. The zero-order chi connectivity index (χ0) is 21.0. The average Bonchev–Trinajstić information content (AvgIpc) is 3.05. The summed E-state index contributed by atoms with van der Waals surface area (Å²) in [7, 11) is -3.09. The highest BCUT2D eigenvalue weighted by atomic mass is 32.2. The highest BCUT2D eigenvalue weighted by Crippen LogP contribution is 2.24. The molecule has 1 saturated heterocycles. The summed E-state index contributed by atoms with van der Waals surface area (Å²) in [5, 5.41) is 0. The predicted octanol–water partition coefficient (Wildman–Crippen LogP) is 3.87. The van der Waals surface area contributed by atoms with Crippen molar-refractivity contribution in [2.75, 3.05) is 11.5 Å². The van der Waals surface area contributed by atoms with Crippen LogP contribution in [0.3, 0.4) is 0 Å². The summed E-state index contributed by atoms with van der Waals surface area (Å²) in [6.07, 6.45) is 1.49. The van der Waals surface area contributed by atoms with Crippen molar-refractivity contribution in [2.24, 2.45) is 0 Å². The molecule has 0 bridgehead atoms. The Kier molecular flexibility index (Phi) is 6.63. The van der Waals surface area contributed by atoms with Gasteiger partial charge in [-0.1, -0.05) is 31.2 Å². The van der Waals surface area contributed by atoms with Gasteiger partial charge < -0.3 is 9.64 Å². The number of hydrogen-bond acceptors (Lipinski definition) is 4. The van der Waals surface area contributed by atoms with Crippen LogP contribution in [0.2, 0.25) is 0 Å². The standard InChI is InChI=1S/C23H29NO4S/c1-4-18-5-7-19(8-6-18)15-24(21-13-14-29(26,27)16-21)23(25)20-9-11-22(12-10-20)28-17(2)3/h5-12,17,21H,4,13-16H2,1-3H3. The number of rotatable bonds is 7. The monoisotopic (exact) mass is 415 g/mol. The number of carbonyl (C=O) groups excluding carboxylic acids is 1. The van der Waals surface area contributed by atoms with E-state index in [0.717, 1.165) is 12.0 Å². The molecule has 5 nitrogen and oxygen atoms in total. The number of sulfone groups is 1. The lowest BCUT2D eigenvalue weighted by atomic mass is 10.1. The molecule has 29 heavy (non-hydrogen) atoms. The van der Waals surface area contributed by atoms with Gasteiger partial charge in [0.25, 0.3) is 5.91 Å². The smallest absolute Gasteiger partial charge is 0.254 e. The molecule has 156 valence electrons. The van der Waals surface area contributed by atoms with E-state index in [2.05, 4.69) is 19.1 Å². The molecule has 1 heterocycles. The van der Waals surface area contributed by atoms with E-state index in [4.69, 9.17) is 4.74 Å². The van der Waals surface area contributed by atoms with Gasteiger partial charge in [0, 0.05) is 18.2 Å². The van der Waals surface area contributed by atoms with E-state index in [0.29, 0.717) is 24.3 Å². The first-order valence-electron chi connectivity index (χ1n) is 10.1. The summed E-state index contributed by atoms with van der Waals surface area (Å²) in [6, 6.07) is 14.9. The van der Waals surface area contributed by atoms with Gasteiger partial charge in [0.1, 0.15) is 5.75 Å². The second-order valence-corrected chi connectivity index (χ2v) is 10.1. The van der Waals surface area contributed by atoms with Gasteiger partial charge in [-0.25, -0.2) is 8.42 Å². The van der Waals surface area contributed by atoms with Gasteiger partial charge in [0.2, 0.25) is 0 Å². The molecule has 1 amide bonds. The fourth-order valence-corrected chi connectivity index (χ4v) is 5.31. The van der Waals surface area contributed by atoms with Crippen molar-refractivity contribution in [3.05, 3.63) is 65.2 Å². The van der Waals surface area contributed by atoms with Crippen LogP contribution in [0.15, 0.2) is 48.5 Å². The summed E-state index contributed by atoms with van der Waals surface area (Å²) in [5.41, 5.74) is 2.77. The molecule has 0 spiro atoms. The molecule has 0 aromatic heterocycles. The summed E-state index contributed by atoms with van der Waals surface area (Å²) in [4.78, 5) is 15.0. The summed E-state index contributed by atoms with van der Waals surface area (Å²) in [6.45, 7) is 6.39. The predicted molar refractivity (Wildman–Crippen MR) is 115 cm³/mol. The minimum atomic E-state index is -3.09. The summed E-state index contributed by atoms with van der Waals surface area (Å²) >= 11 is 0. The number of nitrogens with zero attached hydrogens (tertiary/aromatic N) is 1. The first-order valence-corrected chi connectivity index (χ1v) is 12.0. The number of benzene rings is 2. The van der Waals surface area contributed by atoms with Crippen LogP contribution in [0.5, 0.6) is 5.75 Å². The van der Waals surface area contributed by atoms with Gasteiger partial charge in [-0.15, -0.1) is 0 Å². The first-order chi connectivity index (χ1) is 13.8. The Morgan fingerprint density at radius 3 is 2.21 bits per heavy atom. The Hall–Kier alpha value is -2.34. The van der Waals surface area contributed by atoms with Gasteiger partial charge in [-0.2, -0.15) is 0 Å². The lowest BCUT2D eigenvalue weighted by molar-refractivity contribution is 0.0681. The SMILES string of the molecule is CCc1ccc(CN(C(=O)c2ccc(OC(C)C)cc2)C2CCS(=O)(=O)C2)cc1. The van der Waals surface area contributed by atoms with Crippen molar-refractivity contribution in [3.63, 3.8) is 0 Å². The Balaban J connectivity index is 1.84.